The molecule has 0 spiro atoms. The zero-order valence-electron chi connectivity index (χ0n) is 31.9. The van der Waals surface area contributed by atoms with Crippen molar-refractivity contribution in [3.63, 3.8) is 0 Å². The van der Waals surface area contributed by atoms with Crippen molar-refractivity contribution in [3.05, 3.63) is 135 Å². The first-order valence-electron chi connectivity index (χ1n) is 19.8. The van der Waals surface area contributed by atoms with E-state index >= 15 is 4.79 Å². The summed E-state index contributed by atoms with van der Waals surface area (Å²) in [5.41, 5.74) is 6.88. The van der Waals surface area contributed by atoms with Gasteiger partial charge >= 0.3 is 0 Å². The van der Waals surface area contributed by atoms with Gasteiger partial charge in [-0.3, -0.25) is 34.4 Å². The van der Waals surface area contributed by atoms with Gasteiger partial charge in [0.15, 0.2) is 11.5 Å². The van der Waals surface area contributed by atoms with E-state index in [1.54, 1.807) is 11.0 Å². The average Bonchev–Trinajstić information content (AvgIpc) is 3.61. The second-order valence-electron chi connectivity index (χ2n) is 16.2. The molecule has 4 amide bonds. The van der Waals surface area contributed by atoms with E-state index in [1.807, 2.05) is 85.8 Å². The maximum absolute atomic E-state index is 15.5. The number of imide groups is 2. The molecule has 292 valence electrons. The van der Waals surface area contributed by atoms with E-state index in [0.29, 0.717) is 39.6 Å². The number of likely N-dealkylation sites (tertiary alicyclic amines) is 2. The molecule has 4 fully saturated rings. The highest BCUT2D eigenvalue weighted by Gasteiger charge is 2.70. The van der Waals surface area contributed by atoms with Crippen LogP contribution in [0.5, 0.6) is 11.5 Å². The number of hydrogen-bond donors (Lipinski definition) is 2. The Bertz CT molecular complexity index is 2280. The van der Waals surface area contributed by atoms with Crippen LogP contribution in [0.4, 0.5) is 5.69 Å². The second kappa shape index (κ2) is 14.7. The number of hydrogen-bond acceptors (Lipinski definition) is 8. The minimum atomic E-state index is -1.41. The van der Waals surface area contributed by atoms with Crippen LogP contribution in [0.15, 0.2) is 109 Å². The van der Waals surface area contributed by atoms with Crippen LogP contribution in [-0.2, 0) is 31.1 Å². The highest BCUT2D eigenvalue weighted by atomic mass is 127. The molecule has 1 saturated carbocycles. The topological polar surface area (TPSA) is 119 Å². The summed E-state index contributed by atoms with van der Waals surface area (Å²) in [6.07, 6.45) is 4.07. The van der Waals surface area contributed by atoms with Gasteiger partial charge in [-0.05, 0) is 102 Å². The van der Waals surface area contributed by atoms with Crippen molar-refractivity contribution in [2.45, 2.75) is 56.5 Å². The molecule has 0 radical (unpaired) electrons. The van der Waals surface area contributed by atoms with Gasteiger partial charge in [-0.15, -0.1) is 0 Å². The van der Waals surface area contributed by atoms with Crippen molar-refractivity contribution in [3.8, 4) is 11.5 Å². The first kappa shape index (κ1) is 37.6. The van der Waals surface area contributed by atoms with E-state index < -0.39 is 40.9 Å². The number of aryl methyl sites for hydroxylation is 1. The number of amides is 4. The lowest BCUT2D eigenvalue weighted by atomic mass is 9.49. The van der Waals surface area contributed by atoms with Crippen LogP contribution >= 0.6 is 22.6 Å². The highest BCUT2D eigenvalue weighted by Crippen LogP contribution is 2.64. The van der Waals surface area contributed by atoms with Crippen LogP contribution in [0.3, 0.4) is 0 Å². The largest absolute Gasteiger partial charge is 0.504 e. The Morgan fingerprint density at radius 1 is 0.860 bits per heavy atom. The number of fused-ring (bicyclic) bond motifs is 4. The molecule has 6 unspecified atom stereocenters. The van der Waals surface area contributed by atoms with Crippen LogP contribution in [0.1, 0.15) is 53.9 Å². The van der Waals surface area contributed by atoms with Gasteiger partial charge in [0, 0.05) is 31.6 Å². The number of ether oxygens (including phenoxy) is 1. The summed E-state index contributed by atoms with van der Waals surface area (Å²) >= 11 is 2.07. The van der Waals surface area contributed by atoms with Gasteiger partial charge in [-0.1, -0.05) is 90.0 Å². The van der Waals surface area contributed by atoms with Crippen LogP contribution < -0.4 is 10.2 Å². The fourth-order valence-electron chi connectivity index (χ4n) is 10.6. The number of nitrogens with one attached hydrogen (secondary N) is 1. The predicted molar refractivity (Wildman–Crippen MR) is 223 cm³/mol. The molecule has 6 atom stereocenters. The number of aromatic hydroxyl groups is 1. The standard InChI is InChI=1S/C46H45IN4O6/c1-27-13-15-31(16-14-27)48-51-43(54)36-25-35-33(40(29-23-37(47)41(52)38(24-29)57-2)46(36,45(51)56)30-11-7-4-8-12-30)17-18-34-39(35)44(55)50(42(34)53)32-19-21-49(22-20-32)26-28-9-5-3-6-10-28/h3-17,23-24,32,34-36,39-40,48,52H,18-22,25-26H2,1-2H3. The Morgan fingerprint density at radius 2 is 1.54 bits per heavy atom. The fourth-order valence-corrected chi connectivity index (χ4v) is 11.2. The van der Waals surface area contributed by atoms with E-state index in [4.69, 9.17) is 4.74 Å². The van der Waals surface area contributed by atoms with Gasteiger partial charge in [0.05, 0.1) is 39.5 Å². The number of anilines is 1. The maximum Gasteiger partial charge on any atom is 0.260 e. The van der Waals surface area contributed by atoms with Gasteiger partial charge in [0.25, 0.3) is 11.8 Å². The summed E-state index contributed by atoms with van der Waals surface area (Å²) in [5.74, 6) is -4.09. The van der Waals surface area contributed by atoms with Crippen molar-refractivity contribution in [2.75, 3.05) is 25.6 Å². The molecule has 2 aliphatic carbocycles. The molecule has 10 nitrogen and oxygen atoms in total. The number of nitrogens with zero attached hydrogens (tertiary/aromatic N) is 3. The molecule has 3 heterocycles. The normalized spacial score (nSPS) is 27.6. The summed E-state index contributed by atoms with van der Waals surface area (Å²) in [7, 11) is 1.49. The molecule has 2 N–H and O–H groups in total. The van der Waals surface area contributed by atoms with Gasteiger partial charge < -0.3 is 9.84 Å². The van der Waals surface area contributed by atoms with Crippen molar-refractivity contribution in [2.24, 2.45) is 23.7 Å². The summed E-state index contributed by atoms with van der Waals surface area (Å²) in [6.45, 7) is 4.36. The number of carbonyl (C=O) groups excluding carboxylic acids is 4. The van der Waals surface area contributed by atoms with Crippen molar-refractivity contribution < 1.29 is 29.0 Å². The van der Waals surface area contributed by atoms with E-state index in [0.717, 1.165) is 30.8 Å². The predicted octanol–water partition coefficient (Wildman–Crippen LogP) is 6.96. The molecule has 9 rings (SSSR count). The Morgan fingerprint density at radius 3 is 2.23 bits per heavy atom. The number of benzene rings is 4. The highest BCUT2D eigenvalue weighted by molar-refractivity contribution is 14.1. The van der Waals surface area contributed by atoms with E-state index in [9.17, 15) is 19.5 Å². The minimum absolute atomic E-state index is 0.0178. The lowest BCUT2D eigenvalue weighted by molar-refractivity contribution is -0.144. The first-order valence-corrected chi connectivity index (χ1v) is 20.9. The summed E-state index contributed by atoms with van der Waals surface area (Å²) < 4.78 is 6.19. The van der Waals surface area contributed by atoms with Gasteiger partial charge in [0.2, 0.25) is 11.8 Å². The number of carbonyl (C=O) groups is 4. The third kappa shape index (κ3) is 6.07. The molecule has 4 aromatic carbocycles. The molecule has 11 heteroatoms. The monoisotopic (exact) mass is 876 g/mol. The van der Waals surface area contributed by atoms with Crippen LogP contribution in [0.2, 0.25) is 0 Å². The molecule has 0 bridgehead atoms. The Labute approximate surface area is 346 Å². The number of allylic oxidation sites excluding steroid dienone is 2. The lowest BCUT2D eigenvalue weighted by Gasteiger charge is -2.50. The molecule has 3 saturated heterocycles. The molecule has 3 aliphatic heterocycles. The number of rotatable bonds is 8. The van der Waals surface area contributed by atoms with Crippen LogP contribution in [0.25, 0.3) is 0 Å². The SMILES string of the molecule is COc1cc(C2C3=CCC4C(=O)N(C5CCN(Cc6ccccc6)CC5)C(=O)C4C3CC3C(=O)N(Nc4ccc(C)cc4)C(=O)C32c2ccccc2)cc(I)c1O. The second-order valence-corrected chi connectivity index (χ2v) is 17.3. The fraction of sp³-hybridized carbons (Fsp3) is 0.348. The van der Waals surface area contributed by atoms with Gasteiger partial charge in [-0.2, -0.15) is 5.01 Å². The quantitative estimate of drug-likeness (QED) is 0.111. The number of halogens is 1. The number of phenolic OH excluding ortho intramolecular Hbond substituents is 1. The average molecular weight is 877 g/mol. The van der Waals surface area contributed by atoms with Gasteiger partial charge in [-0.25, -0.2) is 0 Å². The molecule has 57 heavy (non-hydrogen) atoms. The van der Waals surface area contributed by atoms with Crippen molar-refractivity contribution in [1.29, 1.82) is 0 Å². The van der Waals surface area contributed by atoms with Crippen molar-refractivity contribution >= 4 is 51.9 Å². The van der Waals surface area contributed by atoms with E-state index in [1.165, 1.54) is 17.7 Å². The minimum Gasteiger partial charge on any atom is -0.504 e. The number of methoxy groups -OCH3 is 1. The maximum atomic E-state index is 15.5. The molecular weight excluding hydrogens is 831 g/mol. The lowest BCUT2D eigenvalue weighted by Crippen LogP contribution is -2.53. The Balaban J connectivity index is 1.12. The smallest absolute Gasteiger partial charge is 0.260 e. The summed E-state index contributed by atoms with van der Waals surface area (Å²) in [6, 6.07) is 30.7. The van der Waals surface area contributed by atoms with Crippen LogP contribution in [0, 0.1) is 34.2 Å². The Kier molecular flexibility index (Phi) is 9.71. The van der Waals surface area contributed by atoms with Crippen LogP contribution in [-0.4, -0.2) is 69.8 Å². The van der Waals surface area contributed by atoms with E-state index in [-0.39, 0.29) is 41.7 Å². The van der Waals surface area contributed by atoms with E-state index in [2.05, 4.69) is 51.1 Å². The zero-order valence-corrected chi connectivity index (χ0v) is 34.1. The molecular formula is C46H45IN4O6. The first-order chi connectivity index (χ1) is 27.6. The summed E-state index contributed by atoms with van der Waals surface area (Å²) in [5, 5.41) is 12.2. The third-order valence-electron chi connectivity index (χ3n) is 13.2. The Hall–Kier alpha value is -5.01. The molecule has 0 aromatic heterocycles. The summed E-state index contributed by atoms with van der Waals surface area (Å²) in [4.78, 5) is 63.7. The number of piperidine rings is 1. The third-order valence-corrected chi connectivity index (χ3v) is 14.0. The zero-order chi connectivity index (χ0) is 39.6. The molecule has 5 aliphatic rings. The van der Waals surface area contributed by atoms with Gasteiger partial charge in [0.1, 0.15) is 0 Å². The number of hydrazine groups is 1. The number of phenols is 1. The van der Waals surface area contributed by atoms with Crippen molar-refractivity contribution in [1.82, 2.24) is 14.8 Å². The molecule has 4 aromatic rings.